The number of hydrogen-bond donors (Lipinski definition) is 0. The fourth-order valence-electron chi connectivity index (χ4n) is 1.23. The molecule has 1 saturated carbocycles. The van der Waals surface area contributed by atoms with Gasteiger partial charge in [-0.3, -0.25) is 0 Å². The van der Waals surface area contributed by atoms with Crippen molar-refractivity contribution in [1.82, 2.24) is 10.2 Å². The summed E-state index contributed by atoms with van der Waals surface area (Å²) in [6, 6.07) is 3.96. The Balaban J connectivity index is 1.79. The molecule has 0 radical (unpaired) electrons. The highest BCUT2D eigenvalue weighted by Crippen LogP contribution is 2.31. The van der Waals surface area contributed by atoms with Crippen LogP contribution in [-0.2, 0) is 0 Å². The lowest BCUT2D eigenvalue weighted by atomic mass is 9.87. The van der Waals surface area contributed by atoms with Gasteiger partial charge in [0.05, 0.1) is 0 Å². The molecule has 0 unspecified atom stereocenters. The summed E-state index contributed by atoms with van der Waals surface area (Å²) < 4.78 is 0. The molecule has 1 aromatic rings. The van der Waals surface area contributed by atoms with Gasteiger partial charge >= 0.3 is 0 Å². The predicted molar refractivity (Wildman–Crippen MR) is 50.1 cm³/mol. The maximum Gasteiger partial charge on any atom is 0.119 e. The molecule has 0 saturated heterocycles. The normalized spacial score (nSPS) is 17.3. The van der Waals surface area contributed by atoms with Gasteiger partial charge < -0.3 is 0 Å². The van der Waals surface area contributed by atoms with Gasteiger partial charge in [-0.05, 0) is 30.9 Å². The Morgan fingerprint density at radius 1 is 1.50 bits per heavy atom. The summed E-state index contributed by atoms with van der Waals surface area (Å²) in [5.41, 5.74) is 0. The first-order valence-electron chi connectivity index (χ1n) is 4.35. The molecule has 1 heterocycles. The maximum atomic E-state index is 4.02. The monoisotopic (exact) mass is 180 g/mol. The summed E-state index contributed by atoms with van der Waals surface area (Å²) in [6.07, 6.45) is 5.96. The van der Waals surface area contributed by atoms with E-state index in [1.807, 2.05) is 23.9 Å². The minimum Gasteiger partial charge on any atom is -0.158 e. The average molecular weight is 180 g/mol. The summed E-state index contributed by atoms with van der Waals surface area (Å²) in [6.45, 7) is 0. The first-order chi connectivity index (χ1) is 5.95. The molecule has 2 rings (SSSR count). The van der Waals surface area contributed by atoms with E-state index >= 15 is 0 Å². The standard InChI is InChI=1S/C9H12N2S/c1-3-8(4-1)7-12-9-5-2-6-10-11-9/h2,5-6,8H,1,3-4,7H2. The highest BCUT2D eigenvalue weighted by molar-refractivity contribution is 7.99. The van der Waals surface area contributed by atoms with E-state index < -0.39 is 0 Å². The van der Waals surface area contributed by atoms with Gasteiger partial charge in [0.25, 0.3) is 0 Å². The lowest BCUT2D eigenvalue weighted by Gasteiger charge is -2.24. The highest BCUT2D eigenvalue weighted by atomic mass is 32.2. The zero-order valence-corrected chi connectivity index (χ0v) is 7.76. The van der Waals surface area contributed by atoms with E-state index in [2.05, 4.69) is 10.2 Å². The zero-order chi connectivity index (χ0) is 8.23. The number of aromatic nitrogens is 2. The second-order valence-electron chi connectivity index (χ2n) is 3.17. The van der Waals surface area contributed by atoms with E-state index in [4.69, 9.17) is 0 Å². The first-order valence-corrected chi connectivity index (χ1v) is 5.34. The third kappa shape index (κ3) is 1.97. The summed E-state index contributed by atoms with van der Waals surface area (Å²) in [5.74, 6) is 2.16. The quantitative estimate of drug-likeness (QED) is 0.668. The molecule has 0 atom stereocenters. The van der Waals surface area contributed by atoms with Crippen molar-refractivity contribution >= 4 is 11.8 Å². The topological polar surface area (TPSA) is 25.8 Å². The fraction of sp³-hybridized carbons (Fsp3) is 0.556. The average Bonchev–Trinajstić information content (AvgIpc) is 2.04. The van der Waals surface area contributed by atoms with Gasteiger partial charge in [-0.2, -0.15) is 5.10 Å². The number of thioether (sulfide) groups is 1. The minimum atomic E-state index is 0.942. The van der Waals surface area contributed by atoms with Crippen LogP contribution < -0.4 is 0 Å². The van der Waals surface area contributed by atoms with Crippen LogP contribution in [0, 0.1) is 5.92 Å². The molecule has 0 spiro atoms. The molecule has 0 bridgehead atoms. The molecule has 1 fully saturated rings. The van der Waals surface area contributed by atoms with E-state index in [0.717, 1.165) is 10.9 Å². The molecule has 1 aliphatic rings. The Labute approximate surface area is 76.8 Å². The summed E-state index contributed by atoms with van der Waals surface area (Å²) in [4.78, 5) is 0. The van der Waals surface area contributed by atoms with E-state index in [0.29, 0.717) is 0 Å². The largest absolute Gasteiger partial charge is 0.158 e. The van der Waals surface area contributed by atoms with Crippen LogP contribution >= 0.6 is 11.8 Å². The first kappa shape index (κ1) is 8.05. The van der Waals surface area contributed by atoms with Crippen LogP contribution in [0.2, 0.25) is 0 Å². The Kier molecular flexibility index (Phi) is 2.61. The van der Waals surface area contributed by atoms with Gasteiger partial charge in [0.1, 0.15) is 5.03 Å². The molecule has 3 heteroatoms. The summed E-state index contributed by atoms with van der Waals surface area (Å²) >= 11 is 1.83. The maximum absolute atomic E-state index is 4.02. The summed E-state index contributed by atoms with van der Waals surface area (Å²) in [7, 11) is 0. The van der Waals surface area contributed by atoms with Crippen LogP contribution in [0.5, 0.6) is 0 Å². The van der Waals surface area contributed by atoms with Crippen LogP contribution in [-0.4, -0.2) is 16.0 Å². The van der Waals surface area contributed by atoms with Crippen molar-refractivity contribution in [2.75, 3.05) is 5.75 Å². The molecule has 64 valence electrons. The van der Waals surface area contributed by atoms with Crippen molar-refractivity contribution in [3.63, 3.8) is 0 Å². The molecule has 0 aromatic carbocycles. The van der Waals surface area contributed by atoms with Crippen LogP contribution in [0.15, 0.2) is 23.4 Å². The number of hydrogen-bond acceptors (Lipinski definition) is 3. The second-order valence-corrected chi connectivity index (χ2v) is 4.21. The second kappa shape index (κ2) is 3.90. The molecule has 1 aliphatic carbocycles. The third-order valence-electron chi connectivity index (χ3n) is 2.24. The van der Waals surface area contributed by atoms with E-state index in [1.54, 1.807) is 6.20 Å². The van der Waals surface area contributed by atoms with Gasteiger partial charge in [-0.1, -0.05) is 6.42 Å². The Morgan fingerprint density at radius 2 is 2.42 bits per heavy atom. The number of rotatable bonds is 3. The molecular formula is C9H12N2S. The van der Waals surface area contributed by atoms with Crippen LogP contribution in [0.3, 0.4) is 0 Å². The molecule has 12 heavy (non-hydrogen) atoms. The minimum absolute atomic E-state index is 0.942. The van der Waals surface area contributed by atoms with Crippen molar-refractivity contribution in [1.29, 1.82) is 0 Å². The molecule has 0 aliphatic heterocycles. The molecule has 0 amide bonds. The molecular weight excluding hydrogens is 168 g/mol. The Bertz CT molecular complexity index is 234. The lowest BCUT2D eigenvalue weighted by molar-refractivity contribution is 0.353. The molecule has 1 aromatic heterocycles. The van der Waals surface area contributed by atoms with Crippen LogP contribution in [0.1, 0.15) is 19.3 Å². The highest BCUT2D eigenvalue weighted by Gasteiger charge is 2.17. The lowest BCUT2D eigenvalue weighted by Crippen LogP contribution is -2.13. The molecule has 0 N–H and O–H groups in total. The van der Waals surface area contributed by atoms with Gasteiger partial charge in [-0.15, -0.1) is 16.9 Å². The zero-order valence-electron chi connectivity index (χ0n) is 6.94. The van der Waals surface area contributed by atoms with Crippen molar-refractivity contribution in [3.8, 4) is 0 Å². The van der Waals surface area contributed by atoms with Gasteiger partial charge in [0.15, 0.2) is 0 Å². The molecule has 2 nitrogen and oxygen atoms in total. The Morgan fingerprint density at radius 3 is 3.00 bits per heavy atom. The smallest absolute Gasteiger partial charge is 0.119 e. The van der Waals surface area contributed by atoms with Gasteiger partial charge in [-0.25, -0.2) is 0 Å². The summed E-state index contributed by atoms with van der Waals surface area (Å²) in [5, 5.41) is 8.92. The predicted octanol–water partition coefficient (Wildman–Crippen LogP) is 2.37. The van der Waals surface area contributed by atoms with E-state index in [-0.39, 0.29) is 0 Å². The SMILES string of the molecule is c1cnnc(SCC2CCC2)c1. The van der Waals surface area contributed by atoms with Crippen molar-refractivity contribution < 1.29 is 0 Å². The third-order valence-corrected chi connectivity index (χ3v) is 3.39. The van der Waals surface area contributed by atoms with Gasteiger partial charge in [0.2, 0.25) is 0 Å². The Hall–Kier alpha value is -0.570. The fourth-order valence-corrected chi connectivity index (χ4v) is 2.25. The van der Waals surface area contributed by atoms with Crippen LogP contribution in [0.4, 0.5) is 0 Å². The van der Waals surface area contributed by atoms with Crippen molar-refractivity contribution in [2.24, 2.45) is 5.92 Å². The van der Waals surface area contributed by atoms with Crippen molar-refractivity contribution in [2.45, 2.75) is 24.3 Å². The van der Waals surface area contributed by atoms with E-state index in [9.17, 15) is 0 Å². The van der Waals surface area contributed by atoms with Crippen LogP contribution in [0.25, 0.3) is 0 Å². The van der Waals surface area contributed by atoms with E-state index in [1.165, 1.54) is 25.0 Å². The van der Waals surface area contributed by atoms with Crippen molar-refractivity contribution in [3.05, 3.63) is 18.3 Å². The van der Waals surface area contributed by atoms with Gasteiger partial charge in [0, 0.05) is 11.9 Å². The number of nitrogens with zero attached hydrogens (tertiary/aromatic N) is 2.